The van der Waals surface area contributed by atoms with Gasteiger partial charge in [0.2, 0.25) is 5.91 Å². The molecule has 0 radical (unpaired) electrons. The number of nitrogens with two attached hydrogens (primary N) is 1. The Hall–Kier alpha value is -0.610. The van der Waals surface area contributed by atoms with E-state index in [0.29, 0.717) is 6.54 Å². The number of carbonyl (C=O) groups excluding carboxylic acids is 1. The summed E-state index contributed by atoms with van der Waals surface area (Å²) in [6, 6.07) is -0.283. The summed E-state index contributed by atoms with van der Waals surface area (Å²) in [5.74, 6) is 0.0545. The number of ether oxygens (including phenoxy) is 1. The highest BCUT2D eigenvalue weighted by Gasteiger charge is 2.28. The van der Waals surface area contributed by atoms with Gasteiger partial charge in [-0.2, -0.15) is 0 Å². The van der Waals surface area contributed by atoms with Gasteiger partial charge in [-0.05, 0) is 13.3 Å². The Labute approximate surface area is 72.7 Å². The van der Waals surface area contributed by atoms with E-state index in [9.17, 15) is 4.79 Å². The van der Waals surface area contributed by atoms with E-state index in [2.05, 4.69) is 0 Å². The van der Waals surface area contributed by atoms with E-state index in [1.165, 1.54) is 0 Å². The Morgan fingerprint density at radius 2 is 2.50 bits per heavy atom. The summed E-state index contributed by atoms with van der Waals surface area (Å²) >= 11 is 0. The fraction of sp³-hybridized carbons (Fsp3) is 0.875. The van der Waals surface area contributed by atoms with Gasteiger partial charge in [0.25, 0.3) is 0 Å². The summed E-state index contributed by atoms with van der Waals surface area (Å²) in [6.45, 7) is 3.37. The van der Waals surface area contributed by atoms with E-state index in [1.807, 2.05) is 6.92 Å². The molecule has 12 heavy (non-hydrogen) atoms. The normalized spacial score (nSPS) is 26.4. The Morgan fingerprint density at radius 3 is 2.92 bits per heavy atom. The van der Waals surface area contributed by atoms with E-state index >= 15 is 0 Å². The first-order chi connectivity index (χ1) is 5.65. The van der Waals surface area contributed by atoms with Crippen molar-refractivity contribution in [2.45, 2.75) is 25.5 Å². The standard InChI is InChI=1S/C8H16N2O2/c1-6(12-2)5-10-4-3-7(9)8(10)11/h6-7H,3-5,9H2,1-2H3. The van der Waals surface area contributed by atoms with Crippen molar-refractivity contribution in [3.63, 3.8) is 0 Å². The summed E-state index contributed by atoms with van der Waals surface area (Å²) in [4.78, 5) is 13.1. The lowest BCUT2D eigenvalue weighted by atomic mass is 10.3. The zero-order chi connectivity index (χ0) is 9.14. The average molecular weight is 172 g/mol. The lowest BCUT2D eigenvalue weighted by Crippen LogP contribution is -2.38. The molecule has 2 N–H and O–H groups in total. The number of methoxy groups -OCH3 is 1. The third-order valence-electron chi connectivity index (χ3n) is 2.22. The molecule has 0 aliphatic carbocycles. The topological polar surface area (TPSA) is 55.6 Å². The minimum absolute atomic E-state index is 0.0545. The number of hydrogen-bond acceptors (Lipinski definition) is 3. The molecular weight excluding hydrogens is 156 g/mol. The Bertz CT molecular complexity index is 172. The number of nitrogens with zero attached hydrogens (tertiary/aromatic N) is 1. The van der Waals surface area contributed by atoms with Gasteiger partial charge in [-0.1, -0.05) is 0 Å². The van der Waals surface area contributed by atoms with Crippen molar-refractivity contribution in [3.05, 3.63) is 0 Å². The molecule has 1 aliphatic rings. The zero-order valence-corrected chi connectivity index (χ0v) is 7.62. The Balaban J connectivity index is 2.39. The molecule has 0 saturated carbocycles. The van der Waals surface area contributed by atoms with Gasteiger partial charge in [-0.15, -0.1) is 0 Å². The first kappa shape index (κ1) is 9.48. The number of hydrogen-bond donors (Lipinski definition) is 1. The molecular formula is C8H16N2O2. The maximum absolute atomic E-state index is 11.3. The first-order valence-corrected chi connectivity index (χ1v) is 4.22. The molecule has 1 fully saturated rings. The van der Waals surface area contributed by atoms with Crippen molar-refractivity contribution in [3.8, 4) is 0 Å². The van der Waals surface area contributed by atoms with Crippen molar-refractivity contribution in [1.82, 2.24) is 4.90 Å². The van der Waals surface area contributed by atoms with Crippen molar-refractivity contribution in [2.75, 3.05) is 20.2 Å². The van der Waals surface area contributed by atoms with E-state index in [4.69, 9.17) is 10.5 Å². The maximum atomic E-state index is 11.3. The Kier molecular flexibility index (Phi) is 3.05. The molecule has 1 saturated heterocycles. The first-order valence-electron chi connectivity index (χ1n) is 4.22. The molecule has 0 aromatic carbocycles. The molecule has 1 amide bonds. The lowest BCUT2D eigenvalue weighted by Gasteiger charge is -2.19. The summed E-state index contributed by atoms with van der Waals surface area (Å²) in [5, 5.41) is 0. The predicted octanol–water partition coefficient (Wildman–Crippen LogP) is -0.419. The van der Waals surface area contributed by atoms with Gasteiger partial charge >= 0.3 is 0 Å². The van der Waals surface area contributed by atoms with Crippen LogP contribution in [0.5, 0.6) is 0 Å². The second kappa shape index (κ2) is 3.87. The summed E-state index contributed by atoms with van der Waals surface area (Å²) in [5.41, 5.74) is 5.55. The van der Waals surface area contributed by atoms with Gasteiger partial charge in [0.1, 0.15) is 0 Å². The number of amides is 1. The highest BCUT2D eigenvalue weighted by Crippen LogP contribution is 2.09. The number of rotatable bonds is 3. The number of likely N-dealkylation sites (tertiary alicyclic amines) is 1. The van der Waals surface area contributed by atoms with Crippen LogP contribution in [0.4, 0.5) is 0 Å². The van der Waals surface area contributed by atoms with Gasteiger partial charge in [-0.25, -0.2) is 0 Å². The highest BCUT2D eigenvalue weighted by atomic mass is 16.5. The minimum Gasteiger partial charge on any atom is -0.380 e. The Morgan fingerprint density at radius 1 is 1.83 bits per heavy atom. The van der Waals surface area contributed by atoms with Crippen LogP contribution in [0.25, 0.3) is 0 Å². The van der Waals surface area contributed by atoms with Gasteiger partial charge < -0.3 is 15.4 Å². The van der Waals surface area contributed by atoms with Crippen LogP contribution in [0.15, 0.2) is 0 Å². The number of carbonyl (C=O) groups is 1. The van der Waals surface area contributed by atoms with Gasteiger partial charge in [0, 0.05) is 20.2 Å². The highest BCUT2D eigenvalue weighted by molar-refractivity contribution is 5.83. The van der Waals surface area contributed by atoms with E-state index in [1.54, 1.807) is 12.0 Å². The second-order valence-electron chi connectivity index (χ2n) is 3.23. The lowest BCUT2D eigenvalue weighted by molar-refractivity contribution is -0.130. The average Bonchev–Trinajstić information content (AvgIpc) is 2.36. The summed E-state index contributed by atoms with van der Waals surface area (Å²) < 4.78 is 5.06. The molecule has 0 aromatic heterocycles. The van der Waals surface area contributed by atoms with Crippen LogP contribution >= 0.6 is 0 Å². The third kappa shape index (κ3) is 1.95. The predicted molar refractivity (Wildman–Crippen MR) is 45.6 cm³/mol. The van der Waals surface area contributed by atoms with Crippen LogP contribution in [0.1, 0.15) is 13.3 Å². The molecule has 4 heteroatoms. The zero-order valence-electron chi connectivity index (χ0n) is 7.62. The maximum Gasteiger partial charge on any atom is 0.239 e. The van der Waals surface area contributed by atoms with Crippen molar-refractivity contribution in [2.24, 2.45) is 5.73 Å². The fourth-order valence-electron chi connectivity index (χ4n) is 1.33. The molecule has 2 unspecified atom stereocenters. The van der Waals surface area contributed by atoms with E-state index in [-0.39, 0.29) is 18.1 Å². The molecule has 4 nitrogen and oxygen atoms in total. The minimum atomic E-state index is -0.283. The summed E-state index contributed by atoms with van der Waals surface area (Å²) in [7, 11) is 1.64. The molecule has 1 heterocycles. The van der Waals surface area contributed by atoms with E-state index in [0.717, 1.165) is 13.0 Å². The van der Waals surface area contributed by atoms with Gasteiger partial charge in [0.05, 0.1) is 12.1 Å². The quantitative estimate of drug-likeness (QED) is 0.629. The molecule has 0 spiro atoms. The van der Waals surface area contributed by atoms with Gasteiger partial charge in [-0.3, -0.25) is 4.79 Å². The SMILES string of the molecule is COC(C)CN1CCC(N)C1=O. The molecule has 70 valence electrons. The molecule has 0 bridgehead atoms. The largest absolute Gasteiger partial charge is 0.380 e. The van der Waals surface area contributed by atoms with Crippen LogP contribution in [-0.2, 0) is 9.53 Å². The third-order valence-corrected chi connectivity index (χ3v) is 2.22. The van der Waals surface area contributed by atoms with Crippen molar-refractivity contribution < 1.29 is 9.53 Å². The van der Waals surface area contributed by atoms with Crippen molar-refractivity contribution in [1.29, 1.82) is 0 Å². The van der Waals surface area contributed by atoms with Crippen LogP contribution in [0.2, 0.25) is 0 Å². The van der Waals surface area contributed by atoms with Crippen LogP contribution in [0, 0.1) is 0 Å². The monoisotopic (exact) mass is 172 g/mol. The smallest absolute Gasteiger partial charge is 0.239 e. The van der Waals surface area contributed by atoms with Crippen molar-refractivity contribution >= 4 is 5.91 Å². The second-order valence-corrected chi connectivity index (χ2v) is 3.23. The molecule has 1 rings (SSSR count). The van der Waals surface area contributed by atoms with Crippen LogP contribution in [-0.4, -0.2) is 43.2 Å². The van der Waals surface area contributed by atoms with Gasteiger partial charge in [0.15, 0.2) is 0 Å². The molecule has 2 atom stereocenters. The van der Waals surface area contributed by atoms with E-state index < -0.39 is 0 Å². The summed E-state index contributed by atoms with van der Waals surface area (Å²) in [6.07, 6.45) is 0.870. The fourth-order valence-corrected chi connectivity index (χ4v) is 1.33. The molecule has 1 aliphatic heterocycles. The molecule has 0 aromatic rings. The van der Waals surface area contributed by atoms with Crippen LogP contribution < -0.4 is 5.73 Å². The van der Waals surface area contributed by atoms with Crippen LogP contribution in [0.3, 0.4) is 0 Å².